The van der Waals surface area contributed by atoms with E-state index in [-0.39, 0.29) is 5.91 Å². The van der Waals surface area contributed by atoms with Gasteiger partial charge in [0, 0.05) is 28.8 Å². The van der Waals surface area contributed by atoms with Gasteiger partial charge in [0.15, 0.2) is 0 Å². The average Bonchev–Trinajstić information content (AvgIpc) is 2.56. The van der Waals surface area contributed by atoms with Gasteiger partial charge in [0.2, 0.25) is 5.91 Å². The Morgan fingerprint density at radius 1 is 1.04 bits per heavy atom. The van der Waals surface area contributed by atoms with Crippen LogP contribution in [-0.4, -0.2) is 24.0 Å². The summed E-state index contributed by atoms with van der Waals surface area (Å²) < 4.78 is 0. The van der Waals surface area contributed by atoms with Crippen LogP contribution in [0.3, 0.4) is 0 Å². The van der Waals surface area contributed by atoms with Gasteiger partial charge >= 0.3 is 0 Å². The summed E-state index contributed by atoms with van der Waals surface area (Å²) in [6.07, 6.45) is 0. The molecule has 0 radical (unpaired) electrons. The minimum atomic E-state index is 0.0953. The van der Waals surface area contributed by atoms with E-state index in [1.165, 1.54) is 11.1 Å². The number of thioether (sulfide) groups is 2. The van der Waals surface area contributed by atoms with Crippen molar-refractivity contribution in [1.29, 1.82) is 0 Å². The highest BCUT2D eigenvalue weighted by atomic mass is 35.5. The van der Waals surface area contributed by atoms with Gasteiger partial charge in [0.1, 0.15) is 0 Å². The zero-order chi connectivity index (χ0) is 17.2. The van der Waals surface area contributed by atoms with Crippen LogP contribution in [0.2, 0.25) is 5.02 Å². The lowest BCUT2D eigenvalue weighted by molar-refractivity contribution is -0.118. The molecule has 1 N–H and O–H groups in total. The summed E-state index contributed by atoms with van der Waals surface area (Å²) in [4.78, 5) is 11.8. The monoisotopic (exact) mass is 379 g/mol. The standard InChI is InChI=1S/C19H22ClNOS2/c1-15-5-7-16(8-6-15)12-23-10-9-21-19(22)14-24-13-17-3-2-4-18(20)11-17/h2-8,11H,9-10,12-14H2,1H3,(H,21,22). The molecule has 0 atom stereocenters. The van der Waals surface area contributed by atoms with Crippen LogP contribution >= 0.6 is 35.1 Å². The average molecular weight is 380 g/mol. The molecule has 2 aromatic rings. The normalized spacial score (nSPS) is 10.6. The Morgan fingerprint density at radius 3 is 2.54 bits per heavy atom. The Balaban J connectivity index is 1.52. The van der Waals surface area contributed by atoms with Gasteiger partial charge in [-0.3, -0.25) is 4.79 Å². The van der Waals surface area contributed by atoms with Crippen LogP contribution in [0.25, 0.3) is 0 Å². The number of benzene rings is 2. The van der Waals surface area contributed by atoms with E-state index in [4.69, 9.17) is 11.6 Å². The lowest BCUT2D eigenvalue weighted by Gasteiger charge is -2.06. The molecule has 128 valence electrons. The molecule has 0 saturated carbocycles. The van der Waals surface area contributed by atoms with Gasteiger partial charge in [-0.2, -0.15) is 11.8 Å². The molecule has 0 aliphatic heterocycles. The van der Waals surface area contributed by atoms with Crippen molar-refractivity contribution in [1.82, 2.24) is 5.32 Å². The smallest absolute Gasteiger partial charge is 0.230 e. The lowest BCUT2D eigenvalue weighted by Crippen LogP contribution is -2.27. The zero-order valence-electron chi connectivity index (χ0n) is 13.8. The summed E-state index contributed by atoms with van der Waals surface area (Å²) >= 11 is 9.39. The fourth-order valence-corrected chi connectivity index (χ4v) is 3.91. The Bertz CT molecular complexity index is 646. The van der Waals surface area contributed by atoms with Gasteiger partial charge < -0.3 is 5.32 Å². The van der Waals surface area contributed by atoms with Crippen molar-refractivity contribution in [2.75, 3.05) is 18.1 Å². The van der Waals surface area contributed by atoms with E-state index in [1.54, 1.807) is 11.8 Å². The summed E-state index contributed by atoms with van der Waals surface area (Å²) in [6.45, 7) is 2.81. The van der Waals surface area contributed by atoms with Crippen LogP contribution in [0, 0.1) is 6.92 Å². The molecule has 5 heteroatoms. The van der Waals surface area contributed by atoms with Crippen LogP contribution in [0.5, 0.6) is 0 Å². The second-order valence-electron chi connectivity index (χ2n) is 5.51. The van der Waals surface area contributed by atoms with Crippen LogP contribution in [0.4, 0.5) is 0 Å². The van der Waals surface area contributed by atoms with E-state index in [1.807, 2.05) is 36.0 Å². The number of aryl methyl sites for hydroxylation is 1. The van der Waals surface area contributed by atoms with E-state index in [2.05, 4.69) is 36.5 Å². The molecule has 2 nitrogen and oxygen atoms in total. The van der Waals surface area contributed by atoms with Gasteiger partial charge in [-0.1, -0.05) is 53.6 Å². The van der Waals surface area contributed by atoms with Gasteiger partial charge in [0.05, 0.1) is 5.75 Å². The fourth-order valence-electron chi connectivity index (χ4n) is 2.08. The van der Waals surface area contributed by atoms with Gasteiger partial charge in [-0.05, 0) is 30.2 Å². The van der Waals surface area contributed by atoms with Crippen molar-refractivity contribution in [3.8, 4) is 0 Å². The third-order valence-electron chi connectivity index (χ3n) is 3.35. The second kappa shape index (κ2) is 10.7. The number of halogens is 1. The number of rotatable bonds is 9. The molecule has 0 aliphatic rings. The van der Waals surface area contributed by atoms with Crippen LogP contribution < -0.4 is 5.32 Å². The number of carbonyl (C=O) groups excluding carboxylic acids is 1. The first kappa shape index (κ1) is 19.2. The van der Waals surface area contributed by atoms with E-state index in [0.717, 1.165) is 27.8 Å². The number of nitrogens with one attached hydrogen (secondary N) is 1. The van der Waals surface area contributed by atoms with Crippen LogP contribution in [0.15, 0.2) is 48.5 Å². The maximum atomic E-state index is 11.8. The minimum Gasteiger partial charge on any atom is -0.355 e. The van der Waals surface area contributed by atoms with Crippen molar-refractivity contribution in [2.45, 2.75) is 18.4 Å². The first-order valence-electron chi connectivity index (χ1n) is 7.85. The summed E-state index contributed by atoms with van der Waals surface area (Å²) in [7, 11) is 0. The van der Waals surface area contributed by atoms with Gasteiger partial charge in [0.25, 0.3) is 0 Å². The molecule has 1 amide bonds. The number of hydrogen-bond donors (Lipinski definition) is 1. The molecular weight excluding hydrogens is 358 g/mol. The second-order valence-corrected chi connectivity index (χ2v) is 8.04. The van der Waals surface area contributed by atoms with Crippen molar-refractivity contribution in [2.24, 2.45) is 0 Å². The molecule has 0 saturated heterocycles. The van der Waals surface area contributed by atoms with Gasteiger partial charge in [-0.15, -0.1) is 11.8 Å². The Labute approximate surface area is 157 Å². The molecule has 0 spiro atoms. The third-order valence-corrected chi connectivity index (χ3v) is 5.62. The summed E-state index contributed by atoms with van der Waals surface area (Å²) in [6, 6.07) is 16.3. The predicted octanol–water partition coefficient (Wildman–Crippen LogP) is 4.93. The number of amides is 1. The van der Waals surface area contributed by atoms with Crippen molar-refractivity contribution in [3.05, 3.63) is 70.2 Å². The van der Waals surface area contributed by atoms with Gasteiger partial charge in [-0.25, -0.2) is 0 Å². The molecule has 0 fully saturated rings. The molecular formula is C19H22ClNOS2. The minimum absolute atomic E-state index is 0.0953. The topological polar surface area (TPSA) is 29.1 Å². The number of hydrogen-bond acceptors (Lipinski definition) is 3. The largest absolute Gasteiger partial charge is 0.355 e. The highest BCUT2D eigenvalue weighted by Crippen LogP contribution is 2.16. The highest BCUT2D eigenvalue weighted by Gasteiger charge is 2.02. The van der Waals surface area contributed by atoms with E-state index in [0.29, 0.717) is 12.3 Å². The maximum absolute atomic E-state index is 11.8. The summed E-state index contributed by atoms with van der Waals surface area (Å²) in [5, 5.41) is 3.71. The molecule has 0 aromatic heterocycles. The van der Waals surface area contributed by atoms with Crippen molar-refractivity contribution < 1.29 is 4.79 Å². The Kier molecular flexibility index (Phi) is 8.57. The van der Waals surface area contributed by atoms with Crippen molar-refractivity contribution in [3.63, 3.8) is 0 Å². The van der Waals surface area contributed by atoms with Crippen LogP contribution in [-0.2, 0) is 16.3 Å². The highest BCUT2D eigenvalue weighted by molar-refractivity contribution is 7.99. The zero-order valence-corrected chi connectivity index (χ0v) is 16.1. The third kappa shape index (κ3) is 7.65. The SMILES string of the molecule is Cc1ccc(CSCCNC(=O)CSCc2cccc(Cl)c2)cc1. The fraction of sp³-hybridized carbons (Fsp3) is 0.316. The van der Waals surface area contributed by atoms with E-state index >= 15 is 0 Å². The van der Waals surface area contributed by atoms with Crippen LogP contribution in [0.1, 0.15) is 16.7 Å². The molecule has 0 aliphatic carbocycles. The predicted molar refractivity (Wildman–Crippen MR) is 108 cm³/mol. The molecule has 0 heterocycles. The molecule has 0 bridgehead atoms. The maximum Gasteiger partial charge on any atom is 0.230 e. The van der Waals surface area contributed by atoms with E-state index < -0.39 is 0 Å². The first-order valence-corrected chi connectivity index (χ1v) is 10.5. The molecule has 0 unspecified atom stereocenters. The van der Waals surface area contributed by atoms with Crippen molar-refractivity contribution >= 4 is 41.0 Å². The Morgan fingerprint density at radius 2 is 1.79 bits per heavy atom. The summed E-state index contributed by atoms with van der Waals surface area (Å²) in [5.74, 6) is 3.29. The quantitative estimate of drug-likeness (QED) is 0.626. The molecule has 2 aromatic carbocycles. The Hall–Kier alpha value is -1.10. The molecule has 2 rings (SSSR count). The molecule has 24 heavy (non-hydrogen) atoms. The lowest BCUT2D eigenvalue weighted by atomic mass is 10.2. The summed E-state index contributed by atoms with van der Waals surface area (Å²) in [5.41, 5.74) is 3.76. The van der Waals surface area contributed by atoms with E-state index in [9.17, 15) is 4.79 Å². The number of carbonyl (C=O) groups is 1. The first-order chi connectivity index (χ1) is 11.6.